The monoisotopic (exact) mass is 340 g/mol. The molecular weight excluding hydrogens is 327 g/mol. The molecule has 2 rings (SSSR count). The molecule has 6 nitrogen and oxygen atoms in total. The van der Waals surface area contributed by atoms with Gasteiger partial charge in [-0.25, -0.2) is 4.39 Å². The molecule has 1 aromatic heterocycles. The van der Waals surface area contributed by atoms with Gasteiger partial charge in [0.05, 0.1) is 5.75 Å². The smallest absolute Gasteiger partial charge is 0.234 e. The number of nitrogens with zero attached hydrogens (tertiary/aromatic N) is 2. The summed E-state index contributed by atoms with van der Waals surface area (Å²) in [6.45, 7) is 1.74. The third-order valence-corrected chi connectivity index (χ3v) is 4.38. The average molecular weight is 340 g/mol. The van der Waals surface area contributed by atoms with Crippen LogP contribution in [0.4, 0.5) is 15.2 Å². The van der Waals surface area contributed by atoms with Crippen LogP contribution in [0.25, 0.3) is 0 Å². The minimum atomic E-state index is -0.411. The summed E-state index contributed by atoms with van der Waals surface area (Å²) < 4.78 is 13.6. The van der Waals surface area contributed by atoms with Gasteiger partial charge in [0.2, 0.25) is 16.9 Å². The van der Waals surface area contributed by atoms with Crippen LogP contribution in [0.5, 0.6) is 0 Å². The predicted molar refractivity (Wildman–Crippen MR) is 84.6 cm³/mol. The van der Waals surface area contributed by atoms with Crippen molar-refractivity contribution < 1.29 is 14.0 Å². The lowest BCUT2D eigenvalue weighted by Crippen LogP contribution is -2.13. The van der Waals surface area contributed by atoms with E-state index < -0.39 is 5.82 Å². The van der Waals surface area contributed by atoms with Crippen LogP contribution in [0.15, 0.2) is 28.6 Å². The zero-order chi connectivity index (χ0) is 15.9. The van der Waals surface area contributed by atoms with E-state index in [1.807, 2.05) is 0 Å². The number of hydrogen-bond donors (Lipinski definition) is 2. The van der Waals surface area contributed by atoms with Gasteiger partial charge in [0.25, 0.3) is 0 Å². The topological polar surface area (TPSA) is 84.0 Å². The summed E-state index contributed by atoms with van der Waals surface area (Å²) in [6, 6.07) is 5.67. The first-order valence-corrected chi connectivity index (χ1v) is 8.18. The molecule has 0 atom stereocenters. The average Bonchev–Trinajstić information content (AvgIpc) is 2.92. The highest BCUT2D eigenvalue weighted by atomic mass is 32.2. The maximum absolute atomic E-state index is 13.0. The van der Waals surface area contributed by atoms with Crippen LogP contribution in [-0.2, 0) is 9.59 Å². The highest BCUT2D eigenvalue weighted by Crippen LogP contribution is 2.25. The molecule has 1 aromatic carbocycles. The van der Waals surface area contributed by atoms with Crippen molar-refractivity contribution in [1.29, 1.82) is 0 Å². The first kappa shape index (κ1) is 16.4. The van der Waals surface area contributed by atoms with E-state index in [0.29, 0.717) is 21.6 Å². The Labute approximate surface area is 134 Å². The van der Waals surface area contributed by atoms with Crippen LogP contribution in [0, 0.1) is 5.82 Å². The summed E-state index contributed by atoms with van der Waals surface area (Å²) in [5.41, 5.74) is 0.402. The molecule has 0 spiro atoms. The molecule has 0 aliphatic heterocycles. The second-order valence-corrected chi connectivity index (χ2v) is 6.32. The third-order valence-electron chi connectivity index (χ3n) is 2.41. The van der Waals surface area contributed by atoms with E-state index in [2.05, 4.69) is 20.8 Å². The van der Waals surface area contributed by atoms with E-state index in [9.17, 15) is 14.0 Å². The number of halogens is 1. The van der Waals surface area contributed by atoms with Crippen LogP contribution in [0.3, 0.4) is 0 Å². The number of carbonyl (C=O) groups is 2. The van der Waals surface area contributed by atoms with Gasteiger partial charge in [0.1, 0.15) is 5.82 Å². The van der Waals surface area contributed by atoms with Crippen molar-refractivity contribution in [2.24, 2.45) is 0 Å². The van der Waals surface area contributed by atoms with Crippen LogP contribution in [0.1, 0.15) is 13.3 Å². The SMILES string of the molecule is CCC(=O)Nc1nnc(SCC(=O)Nc2cccc(F)c2)s1. The standard InChI is InChI=1S/C13H13FN4O2S2/c1-2-10(19)16-12-17-18-13(22-12)21-7-11(20)15-9-5-3-4-8(14)6-9/h3-6H,2,7H2,1H3,(H,15,20)(H,16,17,19). The van der Waals surface area contributed by atoms with E-state index in [1.165, 1.54) is 41.3 Å². The van der Waals surface area contributed by atoms with Crippen molar-refractivity contribution >= 4 is 45.7 Å². The number of carbonyl (C=O) groups excluding carboxylic acids is 2. The molecular formula is C13H13FN4O2S2. The number of hydrogen-bond acceptors (Lipinski definition) is 6. The molecule has 2 aromatic rings. The van der Waals surface area contributed by atoms with Crippen LogP contribution < -0.4 is 10.6 Å². The van der Waals surface area contributed by atoms with E-state index >= 15 is 0 Å². The van der Waals surface area contributed by atoms with Crippen molar-refractivity contribution in [1.82, 2.24) is 10.2 Å². The Hall–Kier alpha value is -2.00. The summed E-state index contributed by atoms with van der Waals surface area (Å²) >= 11 is 2.39. The van der Waals surface area contributed by atoms with Gasteiger partial charge in [-0.15, -0.1) is 10.2 Å². The molecule has 2 N–H and O–H groups in total. The largest absolute Gasteiger partial charge is 0.325 e. The summed E-state index contributed by atoms with van der Waals surface area (Å²) in [5, 5.41) is 13.3. The number of aromatic nitrogens is 2. The van der Waals surface area contributed by atoms with Crippen LogP contribution in [-0.4, -0.2) is 27.8 Å². The van der Waals surface area contributed by atoms with Gasteiger partial charge in [0, 0.05) is 12.1 Å². The van der Waals surface area contributed by atoms with Crippen LogP contribution >= 0.6 is 23.1 Å². The molecule has 2 amide bonds. The van der Waals surface area contributed by atoms with E-state index in [1.54, 1.807) is 13.0 Å². The molecule has 22 heavy (non-hydrogen) atoms. The number of rotatable bonds is 6. The Kier molecular flexibility index (Phi) is 5.84. The first-order valence-electron chi connectivity index (χ1n) is 6.38. The predicted octanol–water partition coefficient (Wildman–Crippen LogP) is 2.76. The maximum Gasteiger partial charge on any atom is 0.234 e. The quantitative estimate of drug-likeness (QED) is 0.624. The molecule has 0 saturated heterocycles. The molecule has 0 unspecified atom stereocenters. The second kappa shape index (κ2) is 7.85. The fraction of sp³-hybridized carbons (Fsp3) is 0.231. The molecule has 0 fully saturated rings. The highest BCUT2D eigenvalue weighted by Gasteiger charge is 2.10. The Bertz CT molecular complexity index is 678. The van der Waals surface area contributed by atoms with Crippen molar-refractivity contribution in [2.45, 2.75) is 17.7 Å². The van der Waals surface area contributed by atoms with Gasteiger partial charge in [-0.3, -0.25) is 9.59 Å². The number of amides is 2. The number of nitrogens with one attached hydrogen (secondary N) is 2. The Morgan fingerprint density at radius 3 is 2.82 bits per heavy atom. The number of anilines is 2. The molecule has 9 heteroatoms. The lowest BCUT2D eigenvalue weighted by Gasteiger charge is -2.03. The van der Waals surface area contributed by atoms with Crippen molar-refractivity contribution in [2.75, 3.05) is 16.4 Å². The summed E-state index contributed by atoms with van der Waals surface area (Å²) in [4.78, 5) is 23.0. The highest BCUT2D eigenvalue weighted by molar-refractivity contribution is 8.01. The fourth-order valence-electron chi connectivity index (χ4n) is 1.42. The van der Waals surface area contributed by atoms with E-state index in [4.69, 9.17) is 0 Å². The molecule has 0 bridgehead atoms. The molecule has 0 saturated carbocycles. The summed E-state index contributed by atoms with van der Waals surface area (Å²) in [6.07, 6.45) is 0.359. The minimum Gasteiger partial charge on any atom is -0.325 e. The Balaban J connectivity index is 1.82. The fourth-order valence-corrected chi connectivity index (χ4v) is 2.99. The first-order chi connectivity index (χ1) is 10.6. The molecule has 0 radical (unpaired) electrons. The zero-order valence-corrected chi connectivity index (χ0v) is 13.3. The molecule has 116 valence electrons. The lowest BCUT2D eigenvalue weighted by molar-refractivity contribution is -0.116. The lowest BCUT2D eigenvalue weighted by atomic mass is 10.3. The van der Waals surface area contributed by atoms with Gasteiger partial charge < -0.3 is 10.6 Å². The Morgan fingerprint density at radius 2 is 2.09 bits per heavy atom. The van der Waals surface area contributed by atoms with E-state index in [-0.39, 0.29) is 17.6 Å². The number of thioether (sulfide) groups is 1. The van der Waals surface area contributed by atoms with Gasteiger partial charge in [-0.05, 0) is 18.2 Å². The third kappa shape index (κ3) is 5.08. The van der Waals surface area contributed by atoms with Crippen molar-refractivity contribution in [3.63, 3.8) is 0 Å². The molecule has 0 aliphatic carbocycles. The normalized spacial score (nSPS) is 10.3. The van der Waals surface area contributed by atoms with Gasteiger partial charge in [-0.2, -0.15) is 0 Å². The minimum absolute atomic E-state index is 0.118. The van der Waals surface area contributed by atoms with Crippen molar-refractivity contribution in [3.05, 3.63) is 30.1 Å². The van der Waals surface area contributed by atoms with Crippen molar-refractivity contribution in [3.8, 4) is 0 Å². The van der Waals surface area contributed by atoms with Gasteiger partial charge in [0.15, 0.2) is 4.34 Å². The Morgan fingerprint density at radius 1 is 1.27 bits per heavy atom. The molecule has 0 aliphatic rings. The zero-order valence-electron chi connectivity index (χ0n) is 11.6. The van der Waals surface area contributed by atoms with Gasteiger partial charge >= 0.3 is 0 Å². The maximum atomic E-state index is 13.0. The number of benzene rings is 1. The summed E-state index contributed by atoms with van der Waals surface area (Å²) in [7, 11) is 0. The second-order valence-electron chi connectivity index (χ2n) is 4.12. The molecule has 1 heterocycles. The van der Waals surface area contributed by atoms with Gasteiger partial charge in [-0.1, -0.05) is 36.1 Å². The van der Waals surface area contributed by atoms with E-state index in [0.717, 1.165) is 0 Å². The summed E-state index contributed by atoms with van der Waals surface area (Å²) in [5.74, 6) is -0.709. The van der Waals surface area contributed by atoms with Crippen LogP contribution in [0.2, 0.25) is 0 Å².